The van der Waals surface area contributed by atoms with E-state index in [1.54, 1.807) is 11.3 Å². The molecule has 1 aromatic carbocycles. The van der Waals surface area contributed by atoms with Gasteiger partial charge in [-0.15, -0.1) is 11.3 Å². The Morgan fingerprint density at radius 2 is 2.29 bits per heavy atom. The zero-order valence-electron chi connectivity index (χ0n) is 12.4. The molecule has 0 amide bonds. The van der Waals surface area contributed by atoms with Gasteiger partial charge >= 0.3 is 0 Å². The predicted molar refractivity (Wildman–Crippen MR) is 87.0 cm³/mol. The van der Waals surface area contributed by atoms with Crippen molar-refractivity contribution in [1.82, 2.24) is 4.90 Å². The van der Waals surface area contributed by atoms with Gasteiger partial charge in [0.05, 0.1) is 6.61 Å². The lowest BCUT2D eigenvalue weighted by Gasteiger charge is -2.31. The minimum Gasteiger partial charge on any atom is -0.368 e. The summed E-state index contributed by atoms with van der Waals surface area (Å²) in [6, 6.07) is 8.27. The minimum atomic E-state index is -0.260. The monoisotopic (exact) mass is 303 g/mol. The molecule has 0 aliphatic carbocycles. The summed E-state index contributed by atoms with van der Waals surface area (Å²) < 4.78 is 6.94. The zero-order chi connectivity index (χ0) is 14.7. The standard InChI is InChI=1S/C17H21NO2S/c1-2-7-18-8-9-20-16(11-18)15(19)10-13-12-21-17-6-4-3-5-14(13)17/h3-6,12,16H,2,7-11H2,1H3. The van der Waals surface area contributed by atoms with Crippen LogP contribution in [-0.4, -0.2) is 43.0 Å². The summed E-state index contributed by atoms with van der Waals surface area (Å²) in [6.45, 7) is 5.58. The second-order valence-electron chi connectivity index (χ2n) is 5.56. The summed E-state index contributed by atoms with van der Waals surface area (Å²) in [7, 11) is 0. The maximum Gasteiger partial charge on any atom is 0.167 e. The first-order valence-corrected chi connectivity index (χ1v) is 8.47. The third-order valence-electron chi connectivity index (χ3n) is 3.98. The van der Waals surface area contributed by atoms with Crippen LogP contribution in [0, 0.1) is 0 Å². The number of ketones is 1. The fraction of sp³-hybridized carbons (Fsp3) is 0.471. The Balaban J connectivity index is 1.68. The van der Waals surface area contributed by atoms with Crippen molar-refractivity contribution in [3.8, 4) is 0 Å². The van der Waals surface area contributed by atoms with Crippen LogP contribution in [0.3, 0.4) is 0 Å². The van der Waals surface area contributed by atoms with Crippen LogP contribution < -0.4 is 0 Å². The van der Waals surface area contributed by atoms with E-state index in [9.17, 15) is 4.79 Å². The second-order valence-corrected chi connectivity index (χ2v) is 6.47. The molecular formula is C17H21NO2S. The highest BCUT2D eigenvalue weighted by Crippen LogP contribution is 2.26. The number of hydrogen-bond donors (Lipinski definition) is 0. The quantitative estimate of drug-likeness (QED) is 0.850. The third-order valence-corrected chi connectivity index (χ3v) is 4.99. The summed E-state index contributed by atoms with van der Waals surface area (Å²) in [5.74, 6) is 0.208. The van der Waals surface area contributed by atoms with Crippen LogP contribution in [0.2, 0.25) is 0 Å². The van der Waals surface area contributed by atoms with E-state index in [1.807, 2.05) is 12.1 Å². The largest absolute Gasteiger partial charge is 0.368 e. The van der Waals surface area contributed by atoms with Gasteiger partial charge in [-0.1, -0.05) is 25.1 Å². The first kappa shape index (κ1) is 14.7. The van der Waals surface area contributed by atoms with Crippen LogP contribution in [-0.2, 0) is 16.0 Å². The molecule has 0 bridgehead atoms. The van der Waals surface area contributed by atoms with Crippen LogP contribution in [0.4, 0.5) is 0 Å². The number of ether oxygens (including phenoxy) is 1. The van der Waals surface area contributed by atoms with Gasteiger partial charge in [-0.25, -0.2) is 0 Å². The van der Waals surface area contributed by atoms with Crippen molar-refractivity contribution in [2.75, 3.05) is 26.2 Å². The van der Waals surface area contributed by atoms with Gasteiger partial charge in [0.1, 0.15) is 6.10 Å². The van der Waals surface area contributed by atoms with Crippen LogP contribution >= 0.6 is 11.3 Å². The van der Waals surface area contributed by atoms with E-state index in [0.717, 1.165) is 31.6 Å². The number of hydrogen-bond acceptors (Lipinski definition) is 4. The summed E-state index contributed by atoms with van der Waals surface area (Å²) in [5.41, 5.74) is 1.14. The van der Waals surface area contributed by atoms with Gasteiger partial charge in [0.15, 0.2) is 5.78 Å². The lowest BCUT2D eigenvalue weighted by Crippen LogP contribution is -2.46. The summed E-state index contributed by atoms with van der Waals surface area (Å²) in [6.07, 6.45) is 1.34. The van der Waals surface area contributed by atoms with Gasteiger partial charge in [0, 0.05) is 24.2 Å². The Labute approximate surface area is 129 Å². The van der Waals surface area contributed by atoms with Crippen molar-refractivity contribution in [3.05, 3.63) is 35.2 Å². The minimum absolute atomic E-state index is 0.208. The first-order valence-electron chi connectivity index (χ1n) is 7.59. The smallest absolute Gasteiger partial charge is 0.167 e. The maximum absolute atomic E-state index is 12.5. The van der Waals surface area contributed by atoms with Gasteiger partial charge in [-0.2, -0.15) is 0 Å². The number of benzene rings is 1. The van der Waals surface area contributed by atoms with E-state index in [-0.39, 0.29) is 11.9 Å². The van der Waals surface area contributed by atoms with Crippen LogP contribution in [0.5, 0.6) is 0 Å². The number of fused-ring (bicyclic) bond motifs is 1. The maximum atomic E-state index is 12.5. The van der Waals surface area contributed by atoms with Crippen molar-refractivity contribution in [3.63, 3.8) is 0 Å². The Morgan fingerprint density at radius 1 is 1.43 bits per heavy atom. The number of thiophene rings is 1. The fourth-order valence-electron chi connectivity index (χ4n) is 2.89. The lowest BCUT2D eigenvalue weighted by atomic mass is 10.0. The molecule has 2 heterocycles. The molecule has 1 fully saturated rings. The second kappa shape index (κ2) is 6.69. The number of rotatable bonds is 5. The Bertz CT molecular complexity index is 620. The molecule has 0 saturated carbocycles. The number of Topliss-reactive ketones (excluding diaryl/α,β-unsaturated/α-hetero) is 1. The van der Waals surface area contributed by atoms with Gasteiger partial charge in [0.25, 0.3) is 0 Å². The molecule has 4 heteroatoms. The van der Waals surface area contributed by atoms with E-state index < -0.39 is 0 Å². The van der Waals surface area contributed by atoms with Crippen molar-refractivity contribution in [1.29, 1.82) is 0 Å². The number of carbonyl (C=O) groups excluding carboxylic acids is 1. The molecule has 3 rings (SSSR count). The predicted octanol–water partition coefficient (Wildman–Crippen LogP) is 3.12. The average molecular weight is 303 g/mol. The molecule has 1 atom stereocenters. The molecule has 1 unspecified atom stereocenters. The van der Waals surface area contributed by atoms with E-state index in [2.05, 4.69) is 29.3 Å². The van der Waals surface area contributed by atoms with E-state index in [4.69, 9.17) is 4.74 Å². The molecular weight excluding hydrogens is 282 g/mol. The Morgan fingerprint density at radius 3 is 3.14 bits per heavy atom. The highest BCUT2D eigenvalue weighted by molar-refractivity contribution is 7.17. The average Bonchev–Trinajstić information content (AvgIpc) is 2.91. The van der Waals surface area contributed by atoms with Crippen LogP contribution in [0.1, 0.15) is 18.9 Å². The zero-order valence-corrected chi connectivity index (χ0v) is 13.2. The summed E-state index contributed by atoms with van der Waals surface area (Å²) in [5, 5.41) is 3.31. The van der Waals surface area contributed by atoms with Gasteiger partial charge < -0.3 is 4.74 Å². The van der Waals surface area contributed by atoms with Crippen molar-refractivity contribution >= 4 is 27.2 Å². The van der Waals surface area contributed by atoms with Gasteiger partial charge in [-0.05, 0) is 35.4 Å². The SMILES string of the molecule is CCCN1CCOC(C(=O)Cc2csc3ccccc23)C1. The van der Waals surface area contributed by atoms with E-state index >= 15 is 0 Å². The molecule has 112 valence electrons. The number of carbonyl (C=O) groups is 1. The molecule has 0 spiro atoms. The normalized spacial score (nSPS) is 20.0. The summed E-state index contributed by atoms with van der Waals surface area (Å²) >= 11 is 1.71. The Hall–Kier alpha value is -1.23. The van der Waals surface area contributed by atoms with Gasteiger partial charge in [0.2, 0.25) is 0 Å². The lowest BCUT2D eigenvalue weighted by molar-refractivity contribution is -0.135. The molecule has 1 aliphatic rings. The van der Waals surface area contributed by atoms with E-state index in [0.29, 0.717) is 13.0 Å². The molecule has 0 N–H and O–H groups in total. The molecule has 1 saturated heterocycles. The molecule has 2 aromatic rings. The van der Waals surface area contributed by atoms with Crippen LogP contribution in [0.15, 0.2) is 29.6 Å². The third kappa shape index (κ3) is 3.34. The van der Waals surface area contributed by atoms with E-state index in [1.165, 1.54) is 10.1 Å². The first-order chi connectivity index (χ1) is 10.3. The topological polar surface area (TPSA) is 29.5 Å². The number of nitrogens with zero attached hydrogens (tertiary/aromatic N) is 1. The van der Waals surface area contributed by atoms with Crippen molar-refractivity contribution in [2.45, 2.75) is 25.9 Å². The fourth-order valence-corrected chi connectivity index (χ4v) is 3.85. The summed E-state index contributed by atoms with van der Waals surface area (Å²) in [4.78, 5) is 14.8. The number of morpholine rings is 1. The molecule has 1 aliphatic heterocycles. The molecule has 0 radical (unpaired) electrons. The Kier molecular flexibility index (Phi) is 4.68. The van der Waals surface area contributed by atoms with Crippen LogP contribution in [0.25, 0.3) is 10.1 Å². The molecule has 3 nitrogen and oxygen atoms in total. The van der Waals surface area contributed by atoms with Crippen molar-refractivity contribution in [2.24, 2.45) is 0 Å². The van der Waals surface area contributed by atoms with Crippen molar-refractivity contribution < 1.29 is 9.53 Å². The van der Waals surface area contributed by atoms with Gasteiger partial charge in [-0.3, -0.25) is 9.69 Å². The highest BCUT2D eigenvalue weighted by Gasteiger charge is 2.26. The molecule has 1 aromatic heterocycles. The molecule has 21 heavy (non-hydrogen) atoms. The highest BCUT2D eigenvalue weighted by atomic mass is 32.1.